The van der Waals surface area contributed by atoms with Gasteiger partial charge in [0.25, 0.3) is 0 Å². The van der Waals surface area contributed by atoms with E-state index in [2.05, 4.69) is 4.99 Å². The van der Waals surface area contributed by atoms with Gasteiger partial charge < -0.3 is 9.84 Å². The Labute approximate surface area is 138 Å². The number of aromatic nitrogens is 1. The van der Waals surface area contributed by atoms with Crippen molar-refractivity contribution < 1.29 is 9.84 Å². The first kappa shape index (κ1) is 15.2. The zero-order chi connectivity index (χ0) is 15.5. The van der Waals surface area contributed by atoms with E-state index < -0.39 is 0 Å². The van der Waals surface area contributed by atoms with Crippen LogP contribution in [0.1, 0.15) is 36.6 Å². The SMILES string of the molecule is COc1ccccc1N=Cc1sc(=S)n(C2CCCC2)c1O. The average Bonchev–Trinajstić information content (AvgIpc) is 3.14. The number of rotatable bonds is 4. The summed E-state index contributed by atoms with van der Waals surface area (Å²) in [7, 11) is 1.62. The molecule has 0 unspecified atom stereocenters. The number of aromatic hydroxyl groups is 1. The molecule has 0 amide bonds. The van der Waals surface area contributed by atoms with E-state index >= 15 is 0 Å². The van der Waals surface area contributed by atoms with Crippen molar-refractivity contribution in [1.29, 1.82) is 0 Å². The van der Waals surface area contributed by atoms with Crippen LogP contribution in [0.3, 0.4) is 0 Å². The van der Waals surface area contributed by atoms with Crippen molar-refractivity contribution in [2.24, 2.45) is 4.99 Å². The molecule has 1 heterocycles. The highest BCUT2D eigenvalue weighted by Gasteiger charge is 2.22. The van der Waals surface area contributed by atoms with Crippen LogP contribution in [0.15, 0.2) is 29.3 Å². The number of benzene rings is 1. The van der Waals surface area contributed by atoms with Gasteiger partial charge in [-0.1, -0.05) is 36.3 Å². The van der Waals surface area contributed by atoms with E-state index in [0.29, 0.717) is 20.6 Å². The Morgan fingerprint density at radius 1 is 1.36 bits per heavy atom. The summed E-state index contributed by atoms with van der Waals surface area (Å²) in [6, 6.07) is 7.87. The molecular formula is C16H18N2O2S2. The van der Waals surface area contributed by atoms with E-state index in [0.717, 1.165) is 18.5 Å². The maximum atomic E-state index is 10.5. The monoisotopic (exact) mass is 334 g/mol. The van der Waals surface area contributed by atoms with Crippen molar-refractivity contribution >= 4 is 35.5 Å². The Bertz CT molecular complexity index is 743. The third kappa shape index (κ3) is 2.94. The Hall–Kier alpha value is -1.66. The summed E-state index contributed by atoms with van der Waals surface area (Å²) in [5.74, 6) is 0.942. The molecule has 0 spiro atoms. The summed E-state index contributed by atoms with van der Waals surface area (Å²) in [6.07, 6.45) is 6.24. The maximum Gasteiger partial charge on any atom is 0.212 e. The van der Waals surface area contributed by atoms with Crippen LogP contribution < -0.4 is 4.74 Å². The van der Waals surface area contributed by atoms with E-state index in [4.69, 9.17) is 17.0 Å². The first-order chi connectivity index (χ1) is 10.7. The van der Waals surface area contributed by atoms with Gasteiger partial charge in [0.1, 0.15) is 16.3 Å². The third-order valence-corrected chi connectivity index (χ3v) is 5.26. The van der Waals surface area contributed by atoms with Crippen LogP contribution in [-0.4, -0.2) is 23.0 Å². The molecule has 1 saturated carbocycles. The average molecular weight is 334 g/mol. The summed E-state index contributed by atoms with van der Waals surface area (Å²) in [6.45, 7) is 0. The van der Waals surface area contributed by atoms with Gasteiger partial charge in [0.2, 0.25) is 5.88 Å². The molecular weight excluding hydrogens is 316 g/mol. The highest BCUT2D eigenvalue weighted by atomic mass is 32.1. The van der Waals surface area contributed by atoms with E-state index in [1.54, 1.807) is 13.3 Å². The summed E-state index contributed by atoms with van der Waals surface area (Å²) in [4.78, 5) is 5.13. The largest absolute Gasteiger partial charge is 0.494 e. The number of nitrogens with zero attached hydrogens (tertiary/aromatic N) is 2. The van der Waals surface area contributed by atoms with Crippen molar-refractivity contribution in [2.75, 3.05) is 7.11 Å². The molecule has 1 aliphatic carbocycles. The topological polar surface area (TPSA) is 46.8 Å². The lowest BCUT2D eigenvalue weighted by Crippen LogP contribution is -2.03. The van der Waals surface area contributed by atoms with Crippen molar-refractivity contribution in [3.63, 3.8) is 0 Å². The number of thiazole rings is 1. The molecule has 0 saturated heterocycles. The predicted octanol–water partition coefficient (Wildman–Crippen LogP) is 4.86. The van der Waals surface area contributed by atoms with Crippen molar-refractivity contribution in [3.8, 4) is 11.6 Å². The van der Waals surface area contributed by atoms with E-state index in [1.807, 2.05) is 28.8 Å². The molecule has 116 valence electrons. The third-order valence-electron chi connectivity index (χ3n) is 3.94. The van der Waals surface area contributed by atoms with Crippen LogP contribution in [0.2, 0.25) is 0 Å². The zero-order valence-corrected chi connectivity index (χ0v) is 14.0. The molecule has 1 N–H and O–H groups in total. The molecule has 0 atom stereocenters. The number of hydrogen-bond donors (Lipinski definition) is 1. The van der Waals surface area contributed by atoms with Gasteiger partial charge in [-0.3, -0.25) is 9.56 Å². The standard InChI is InChI=1S/C16H18N2O2S2/c1-20-13-9-5-4-8-12(13)17-10-14-15(19)18(16(21)22-14)11-6-2-3-7-11/h4-5,8-11,19H,2-3,6-7H2,1H3. The minimum Gasteiger partial charge on any atom is -0.494 e. The molecule has 1 aromatic heterocycles. The minimum atomic E-state index is 0.237. The van der Waals surface area contributed by atoms with Gasteiger partial charge in [-0.15, -0.1) is 0 Å². The Kier molecular flexibility index (Phi) is 4.59. The molecule has 3 rings (SSSR count). The minimum absolute atomic E-state index is 0.237. The summed E-state index contributed by atoms with van der Waals surface area (Å²) < 4.78 is 7.87. The van der Waals surface area contributed by atoms with E-state index in [-0.39, 0.29) is 5.88 Å². The molecule has 1 fully saturated rings. The van der Waals surface area contributed by atoms with Gasteiger partial charge in [0.15, 0.2) is 3.95 Å². The fourth-order valence-corrected chi connectivity index (χ4v) is 4.15. The smallest absolute Gasteiger partial charge is 0.212 e. The molecule has 0 radical (unpaired) electrons. The summed E-state index contributed by atoms with van der Waals surface area (Å²) in [5, 5.41) is 10.5. The second kappa shape index (κ2) is 6.62. The van der Waals surface area contributed by atoms with Gasteiger partial charge in [-0.25, -0.2) is 0 Å². The quantitative estimate of drug-likeness (QED) is 0.641. The number of methoxy groups -OCH3 is 1. The highest BCUT2D eigenvalue weighted by molar-refractivity contribution is 7.73. The molecule has 0 bridgehead atoms. The number of para-hydroxylation sites is 2. The Morgan fingerprint density at radius 2 is 2.09 bits per heavy atom. The highest BCUT2D eigenvalue weighted by Crippen LogP contribution is 2.37. The first-order valence-corrected chi connectivity index (χ1v) is 8.54. The van der Waals surface area contributed by atoms with Gasteiger partial charge in [0, 0.05) is 6.04 Å². The lowest BCUT2D eigenvalue weighted by Gasteiger charge is -2.12. The second-order valence-electron chi connectivity index (χ2n) is 5.29. The number of aliphatic imine (C=N–C) groups is 1. The van der Waals surface area contributed by atoms with Crippen LogP contribution in [0.4, 0.5) is 5.69 Å². The van der Waals surface area contributed by atoms with Crippen molar-refractivity contribution in [3.05, 3.63) is 33.1 Å². The first-order valence-electron chi connectivity index (χ1n) is 7.32. The van der Waals surface area contributed by atoms with E-state index in [1.165, 1.54) is 24.2 Å². The predicted molar refractivity (Wildman–Crippen MR) is 92.6 cm³/mol. The summed E-state index contributed by atoms with van der Waals surface area (Å²) >= 11 is 6.81. The molecule has 1 aromatic carbocycles. The molecule has 6 heteroatoms. The van der Waals surface area contributed by atoms with Crippen LogP contribution >= 0.6 is 23.6 Å². The Balaban J connectivity index is 1.91. The van der Waals surface area contributed by atoms with Gasteiger partial charge >= 0.3 is 0 Å². The normalized spacial score (nSPS) is 15.7. The van der Waals surface area contributed by atoms with Crippen LogP contribution in [0.25, 0.3) is 0 Å². The van der Waals surface area contributed by atoms with Crippen LogP contribution in [0.5, 0.6) is 11.6 Å². The van der Waals surface area contributed by atoms with Gasteiger partial charge in [-0.2, -0.15) is 0 Å². The van der Waals surface area contributed by atoms with Crippen LogP contribution in [0, 0.1) is 3.95 Å². The maximum absolute atomic E-state index is 10.5. The molecule has 1 aliphatic rings. The van der Waals surface area contributed by atoms with Gasteiger partial charge in [0.05, 0.1) is 13.3 Å². The molecule has 2 aromatic rings. The lowest BCUT2D eigenvalue weighted by atomic mass is 10.2. The second-order valence-corrected chi connectivity index (χ2v) is 6.97. The molecule has 22 heavy (non-hydrogen) atoms. The number of hydrogen-bond acceptors (Lipinski definition) is 5. The van der Waals surface area contributed by atoms with Crippen molar-refractivity contribution in [2.45, 2.75) is 31.7 Å². The summed E-state index contributed by atoms with van der Waals surface area (Å²) in [5.41, 5.74) is 0.733. The zero-order valence-electron chi connectivity index (χ0n) is 12.4. The van der Waals surface area contributed by atoms with E-state index in [9.17, 15) is 5.11 Å². The van der Waals surface area contributed by atoms with Crippen LogP contribution in [-0.2, 0) is 0 Å². The van der Waals surface area contributed by atoms with Crippen molar-refractivity contribution in [1.82, 2.24) is 4.57 Å². The fourth-order valence-electron chi connectivity index (χ4n) is 2.83. The number of ether oxygens (including phenoxy) is 1. The Morgan fingerprint density at radius 3 is 2.82 bits per heavy atom. The fraction of sp³-hybridized carbons (Fsp3) is 0.375. The molecule has 4 nitrogen and oxygen atoms in total. The molecule has 0 aliphatic heterocycles. The van der Waals surface area contributed by atoms with Gasteiger partial charge in [-0.05, 0) is 37.2 Å². The lowest BCUT2D eigenvalue weighted by molar-refractivity contribution is 0.380.